The predicted molar refractivity (Wildman–Crippen MR) is 139 cm³/mol. The SMILES string of the molecule is NC(N)=NCCCCC(=O)NCCN1CCC(NC(=O)C(=O)Nc2cncc(F)c2)CC12CCCCC2. The van der Waals surface area contributed by atoms with Crippen LogP contribution in [0.1, 0.15) is 64.2 Å². The molecule has 3 amide bonds. The highest BCUT2D eigenvalue weighted by Gasteiger charge is 2.43. The molecular formula is C25H39FN8O3. The number of piperidine rings is 1. The van der Waals surface area contributed by atoms with Crippen molar-refractivity contribution in [1.82, 2.24) is 20.5 Å². The second kappa shape index (κ2) is 13.9. The summed E-state index contributed by atoms with van der Waals surface area (Å²) in [4.78, 5) is 47.1. The van der Waals surface area contributed by atoms with Gasteiger partial charge in [0.2, 0.25) is 5.91 Å². The monoisotopic (exact) mass is 518 g/mol. The number of guanidine groups is 1. The van der Waals surface area contributed by atoms with E-state index in [1.54, 1.807) is 0 Å². The number of amides is 3. The number of aliphatic imine (C=N–C) groups is 1. The zero-order chi connectivity index (χ0) is 26.7. The highest BCUT2D eigenvalue weighted by molar-refractivity contribution is 6.39. The molecule has 1 aromatic rings. The Hall–Kier alpha value is -3.28. The van der Waals surface area contributed by atoms with Gasteiger partial charge in [-0.3, -0.25) is 29.3 Å². The molecule has 2 heterocycles. The Bertz CT molecular complexity index is 963. The van der Waals surface area contributed by atoms with Gasteiger partial charge >= 0.3 is 11.8 Å². The van der Waals surface area contributed by atoms with Crippen molar-refractivity contribution in [3.63, 3.8) is 0 Å². The van der Waals surface area contributed by atoms with Crippen LogP contribution in [0, 0.1) is 5.82 Å². The van der Waals surface area contributed by atoms with E-state index in [1.165, 1.54) is 12.6 Å². The number of anilines is 1. The first-order valence-electron chi connectivity index (χ1n) is 13.1. The number of aromatic nitrogens is 1. The number of hydrogen-bond acceptors (Lipinski definition) is 6. The van der Waals surface area contributed by atoms with Crippen LogP contribution in [0.4, 0.5) is 10.1 Å². The smallest absolute Gasteiger partial charge is 0.313 e. The van der Waals surface area contributed by atoms with Gasteiger partial charge in [0.25, 0.3) is 0 Å². The number of nitrogens with two attached hydrogens (primary N) is 2. The molecule has 2 aliphatic rings. The number of pyridine rings is 1. The number of carbonyl (C=O) groups excluding carboxylic acids is 3. The van der Waals surface area contributed by atoms with Crippen LogP contribution in [0.25, 0.3) is 0 Å². The van der Waals surface area contributed by atoms with Gasteiger partial charge in [0, 0.05) is 50.2 Å². The van der Waals surface area contributed by atoms with Crippen molar-refractivity contribution in [3.8, 4) is 0 Å². The van der Waals surface area contributed by atoms with E-state index in [1.807, 2.05) is 0 Å². The molecule has 1 unspecified atom stereocenters. The Labute approximate surface area is 217 Å². The lowest BCUT2D eigenvalue weighted by atomic mass is 9.73. The van der Waals surface area contributed by atoms with Gasteiger partial charge in [-0.05, 0) is 38.5 Å². The summed E-state index contributed by atoms with van der Waals surface area (Å²) in [7, 11) is 0. The fraction of sp³-hybridized carbons (Fsp3) is 0.640. The molecule has 0 radical (unpaired) electrons. The van der Waals surface area contributed by atoms with Crippen molar-refractivity contribution in [1.29, 1.82) is 0 Å². The van der Waals surface area contributed by atoms with Gasteiger partial charge in [-0.1, -0.05) is 19.3 Å². The van der Waals surface area contributed by atoms with E-state index >= 15 is 0 Å². The highest BCUT2D eigenvalue weighted by atomic mass is 19.1. The minimum absolute atomic E-state index is 0.0176. The maximum atomic E-state index is 13.3. The van der Waals surface area contributed by atoms with Crippen LogP contribution in [0.3, 0.4) is 0 Å². The molecule has 2 fully saturated rings. The second-order valence-corrected chi connectivity index (χ2v) is 9.89. The Kier molecular flexibility index (Phi) is 10.6. The Balaban J connectivity index is 1.46. The van der Waals surface area contributed by atoms with E-state index < -0.39 is 17.6 Å². The molecule has 37 heavy (non-hydrogen) atoms. The number of rotatable bonds is 10. The van der Waals surface area contributed by atoms with Gasteiger partial charge in [0.15, 0.2) is 5.96 Å². The van der Waals surface area contributed by atoms with Crippen LogP contribution in [0.15, 0.2) is 23.5 Å². The lowest BCUT2D eigenvalue weighted by Crippen LogP contribution is -2.60. The van der Waals surface area contributed by atoms with Gasteiger partial charge in [0.05, 0.1) is 18.1 Å². The van der Waals surface area contributed by atoms with Crippen LogP contribution in [-0.2, 0) is 14.4 Å². The first-order chi connectivity index (χ1) is 17.8. The number of likely N-dealkylation sites (tertiary alicyclic amines) is 1. The lowest BCUT2D eigenvalue weighted by molar-refractivity contribution is -0.137. The average Bonchev–Trinajstić information content (AvgIpc) is 2.85. The zero-order valence-electron chi connectivity index (χ0n) is 21.3. The zero-order valence-corrected chi connectivity index (χ0v) is 21.3. The van der Waals surface area contributed by atoms with Crippen molar-refractivity contribution in [2.45, 2.75) is 75.8 Å². The minimum atomic E-state index is -0.839. The molecule has 12 heteroatoms. The molecule has 7 N–H and O–H groups in total. The number of hydrogen-bond donors (Lipinski definition) is 5. The summed E-state index contributed by atoms with van der Waals surface area (Å²) in [5, 5.41) is 8.29. The van der Waals surface area contributed by atoms with E-state index in [0.29, 0.717) is 25.9 Å². The third kappa shape index (κ3) is 8.96. The van der Waals surface area contributed by atoms with Crippen LogP contribution in [0.2, 0.25) is 0 Å². The summed E-state index contributed by atoms with van der Waals surface area (Å²) in [6.07, 6.45) is 11.2. The van der Waals surface area contributed by atoms with Crippen molar-refractivity contribution in [2.75, 3.05) is 31.5 Å². The summed E-state index contributed by atoms with van der Waals surface area (Å²) >= 11 is 0. The van der Waals surface area contributed by atoms with Crippen molar-refractivity contribution >= 4 is 29.4 Å². The lowest BCUT2D eigenvalue weighted by Gasteiger charge is -2.52. The molecule has 11 nitrogen and oxygen atoms in total. The number of nitrogens with one attached hydrogen (secondary N) is 3. The summed E-state index contributed by atoms with van der Waals surface area (Å²) in [5.41, 5.74) is 10.7. The van der Waals surface area contributed by atoms with Crippen LogP contribution in [-0.4, -0.2) is 71.3 Å². The predicted octanol–water partition coefficient (Wildman–Crippen LogP) is 1.00. The molecular weight excluding hydrogens is 479 g/mol. The van der Waals surface area contributed by atoms with Gasteiger partial charge in [-0.2, -0.15) is 0 Å². The van der Waals surface area contributed by atoms with E-state index in [9.17, 15) is 18.8 Å². The molecule has 1 saturated carbocycles. The average molecular weight is 519 g/mol. The standard InChI is InChI=1S/C25H39FN8O3/c26-18-14-20(17-29-16-18)33-23(37)22(36)32-19-7-12-34(25(15-19)8-3-1-4-9-25)13-11-30-21(35)6-2-5-10-31-24(27)28/h14,16-17,19H,1-13,15H2,(H,30,35)(H,32,36)(H,33,37)(H4,27,28,31). The molecule has 0 aromatic carbocycles. The van der Waals surface area contributed by atoms with Crippen LogP contribution in [0.5, 0.6) is 0 Å². The van der Waals surface area contributed by atoms with Gasteiger partial charge in [-0.15, -0.1) is 0 Å². The van der Waals surface area contributed by atoms with Gasteiger partial charge < -0.3 is 27.4 Å². The topological polar surface area (TPSA) is 168 Å². The van der Waals surface area contributed by atoms with Crippen molar-refractivity contribution < 1.29 is 18.8 Å². The number of nitrogens with zero attached hydrogens (tertiary/aromatic N) is 3. The maximum Gasteiger partial charge on any atom is 0.313 e. The van der Waals surface area contributed by atoms with E-state index in [4.69, 9.17) is 11.5 Å². The largest absolute Gasteiger partial charge is 0.370 e. The summed E-state index contributed by atoms with van der Waals surface area (Å²) < 4.78 is 13.3. The van der Waals surface area contributed by atoms with Crippen LogP contribution < -0.4 is 27.4 Å². The summed E-state index contributed by atoms with van der Waals surface area (Å²) in [6.45, 7) is 2.60. The highest BCUT2D eigenvalue weighted by Crippen LogP contribution is 2.40. The second-order valence-electron chi connectivity index (χ2n) is 9.89. The molecule has 0 bridgehead atoms. The fourth-order valence-corrected chi connectivity index (χ4v) is 5.38. The summed E-state index contributed by atoms with van der Waals surface area (Å²) in [5.74, 6) is -2.09. The fourth-order valence-electron chi connectivity index (χ4n) is 5.38. The molecule has 1 saturated heterocycles. The number of carbonyl (C=O) groups is 3. The third-order valence-electron chi connectivity index (χ3n) is 7.14. The minimum Gasteiger partial charge on any atom is -0.370 e. The van der Waals surface area contributed by atoms with Gasteiger partial charge in [-0.25, -0.2) is 4.39 Å². The Morgan fingerprint density at radius 2 is 1.92 bits per heavy atom. The van der Waals surface area contributed by atoms with Crippen molar-refractivity contribution in [2.24, 2.45) is 16.5 Å². The number of halogens is 1. The first-order valence-corrected chi connectivity index (χ1v) is 13.1. The normalized spacial score (nSPS) is 19.1. The number of unbranched alkanes of at least 4 members (excludes halogenated alkanes) is 1. The van der Waals surface area contributed by atoms with Gasteiger partial charge in [0.1, 0.15) is 5.82 Å². The molecule has 1 atom stereocenters. The maximum absolute atomic E-state index is 13.3. The molecule has 204 valence electrons. The first kappa shape index (κ1) is 28.3. The Morgan fingerprint density at radius 1 is 1.14 bits per heavy atom. The Morgan fingerprint density at radius 3 is 2.65 bits per heavy atom. The molecule has 1 aliphatic carbocycles. The van der Waals surface area contributed by atoms with E-state index in [2.05, 4.69) is 30.8 Å². The van der Waals surface area contributed by atoms with E-state index in [-0.39, 0.29) is 29.1 Å². The van der Waals surface area contributed by atoms with Crippen LogP contribution >= 0.6 is 0 Å². The molecule has 1 aliphatic heterocycles. The summed E-state index contributed by atoms with van der Waals surface area (Å²) in [6, 6.07) is 0.983. The van der Waals surface area contributed by atoms with Crippen molar-refractivity contribution in [3.05, 3.63) is 24.3 Å². The quantitative estimate of drug-likeness (QED) is 0.133. The molecule has 1 spiro atoms. The third-order valence-corrected chi connectivity index (χ3v) is 7.14. The van der Waals surface area contributed by atoms with E-state index in [0.717, 1.165) is 70.3 Å². The molecule has 1 aromatic heterocycles. The molecule has 3 rings (SSSR count).